The van der Waals surface area contributed by atoms with Crippen molar-refractivity contribution in [3.05, 3.63) is 41.1 Å². The fourth-order valence-corrected chi connectivity index (χ4v) is 1.90. The van der Waals surface area contributed by atoms with Gasteiger partial charge in [0.05, 0.1) is 5.56 Å². The Balaban J connectivity index is 2.64. The smallest absolute Gasteiger partial charge is 0.357 e. The lowest BCUT2D eigenvalue weighted by Crippen LogP contribution is -2.25. The highest BCUT2D eigenvalue weighted by Gasteiger charge is 2.19. The van der Waals surface area contributed by atoms with Gasteiger partial charge in [0, 0.05) is 24.4 Å². The number of amides is 1. The number of rotatable bonds is 5. The number of nitrogens with one attached hydrogen (secondary N) is 1. The molecule has 0 aliphatic rings. The topological polar surface area (TPSA) is 102 Å². The fourth-order valence-electron chi connectivity index (χ4n) is 1.46. The van der Waals surface area contributed by atoms with Crippen molar-refractivity contribution < 1.29 is 22.7 Å². The molecule has 0 aliphatic carbocycles. The molecule has 0 fully saturated rings. The van der Waals surface area contributed by atoms with Crippen LogP contribution in [-0.4, -0.2) is 43.7 Å². The number of aromatic nitrogens is 1. The van der Waals surface area contributed by atoms with E-state index in [-0.39, 0.29) is 17.8 Å². The summed E-state index contributed by atoms with van der Waals surface area (Å²) < 4.78 is 27.0. The maximum atomic E-state index is 11.8. The van der Waals surface area contributed by atoms with E-state index >= 15 is 0 Å². The normalized spacial score (nSPS) is 12.2. The third-order valence-electron chi connectivity index (χ3n) is 2.36. The zero-order chi connectivity index (χ0) is 17.7. The van der Waals surface area contributed by atoms with Crippen molar-refractivity contribution in [3.63, 3.8) is 0 Å². The van der Waals surface area contributed by atoms with Gasteiger partial charge in [-0.25, -0.2) is 18.2 Å². The second kappa shape index (κ2) is 7.36. The van der Waals surface area contributed by atoms with Crippen LogP contribution in [0.25, 0.3) is 0 Å². The van der Waals surface area contributed by atoms with E-state index in [2.05, 4.69) is 10.3 Å². The number of carbonyl (C=O) groups is 2. The molecule has 0 aromatic carbocycles. The highest BCUT2D eigenvalue weighted by molar-refractivity contribution is 7.93. The molecule has 0 spiro atoms. The lowest BCUT2D eigenvalue weighted by atomic mass is 10.2. The highest BCUT2D eigenvalue weighted by atomic mass is 32.2. The van der Waals surface area contributed by atoms with E-state index in [0.29, 0.717) is 0 Å². The fraction of sp³-hybridized carbons (Fsp3) is 0.400. The van der Waals surface area contributed by atoms with Gasteiger partial charge >= 0.3 is 5.97 Å². The molecule has 0 saturated carbocycles. The van der Waals surface area contributed by atoms with Crippen molar-refractivity contribution in [2.75, 3.05) is 12.8 Å². The average Bonchev–Trinajstić information content (AvgIpc) is 2.40. The zero-order valence-corrected chi connectivity index (χ0v) is 14.3. The van der Waals surface area contributed by atoms with Gasteiger partial charge in [0.2, 0.25) is 0 Å². The van der Waals surface area contributed by atoms with E-state index in [0.717, 1.165) is 11.7 Å². The predicted octanol–water partition coefficient (Wildman–Crippen LogP) is 1.32. The number of nitrogens with zero attached hydrogens (tertiary/aromatic N) is 1. The van der Waals surface area contributed by atoms with E-state index in [9.17, 15) is 18.0 Å². The quantitative estimate of drug-likeness (QED) is 0.811. The molecule has 1 N–H and O–H groups in total. The Bertz CT molecular complexity index is 700. The van der Waals surface area contributed by atoms with Crippen LogP contribution >= 0.6 is 0 Å². The molecule has 0 bridgehead atoms. The molecule has 7 nitrogen and oxygen atoms in total. The van der Waals surface area contributed by atoms with Crippen LogP contribution in [0, 0.1) is 0 Å². The number of carbonyl (C=O) groups excluding carboxylic acids is 2. The first-order valence-electron chi connectivity index (χ1n) is 6.82. The molecule has 1 amide bonds. The van der Waals surface area contributed by atoms with Crippen LogP contribution in [0.15, 0.2) is 29.8 Å². The average molecular weight is 340 g/mol. The third-order valence-corrected chi connectivity index (χ3v) is 3.04. The summed E-state index contributed by atoms with van der Waals surface area (Å²) in [5.74, 6) is -0.994. The molecule has 0 unspecified atom stereocenters. The van der Waals surface area contributed by atoms with E-state index in [4.69, 9.17) is 4.74 Å². The van der Waals surface area contributed by atoms with E-state index in [1.165, 1.54) is 24.4 Å². The van der Waals surface area contributed by atoms with Gasteiger partial charge in [-0.3, -0.25) is 4.79 Å². The van der Waals surface area contributed by atoms with Crippen LogP contribution in [0.3, 0.4) is 0 Å². The van der Waals surface area contributed by atoms with Gasteiger partial charge in [0.15, 0.2) is 9.84 Å². The first-order chi connectivity index (χ1) is 10.5. The summed E-state index contributed by atoms with van der Waals surface area (Å²) in [7, 11) is -3.21. The lowest BCUT2D eigenvalue weighted by molar-refractivity contribution is 0.00626. The summed E-state index contributed by atoms with van der Waals surface area (Å²) in [4.78, 5) is 27.5. The van der Waals surface area contributed by atoms with Crippen molar-refractivity contribution in [1.29, 1.82) is 0 Å². The van der Waals surface area contributed by atoms with Crippen molar-refractivity contribution in [3.8, 4) is 0 Å². The first kappa shape index (κ1) is 18.8. The molecule has 0 radical (unpaired) electrons. The summed E-state index contributed by atoms with van der Waals surface area (Å²) >= 11 is 0. The molecular formula is C15H20N2O5S. The molecule has 1 heterocycles. The van der Waals surface area contributed by atoms with Crippen LogP contribution < -0.4 is 5.32 Å². The molecule has 1 aromatic rings. The van der Waals surface area contributed by atoms with Crippen LogP contribution in [0.1, 0.15) is 41.6 Å². The lowest BCUT2D eigenvalue weighted by Gasteiger charge is -2.19. The molecule has 23 heavy (non-hydrogen) atoms. The highest BCUT2D eigenvalue weighted by Crippen LogP contribution is 2.11. The SMILES string of the molecule is CC(C)(C)OC(=O)c1ccc(C(=O)NC/C=C/S(C)(=O)=O)cn1. The Hall–Kier alpha value is -2.22. The largest absolute Gasteiger partial charge is 0.455 e. The van der Waals surface area contributed by atoms with Crippen molar-refractivity contribution >= 4 is 21.7 Å². The summed E-state index contributed by atoms with van der Waals surface area (Å²) in [5.41, 5.74) is -0.265. The molecule has 0 saturated heterocycles. The number of pyridine rings is 1. The summed E-state index contributed by atoms with van der Waals surface area (Å²) in [6.45, 7) is 5.31. The number of esters is 1. The van der Waals surface area contributed by atoms with Crippen LogP contribution in [0.4, 0.5) is 0 Å². The Morgan fingerprint density at radius 1 is 1.30 bits per heavy atom. The number of ether oxygens (including phenoxy) is 1. The monoisotopic (exact) mass is 340 g/mol. The first-order valence-corrected chi connectivity index (χ1v) is 8.77. The molecular weight excluding hydrogens is 320 g/mol. The molecule has 0 aliphatic heterocycles. The van der Waals surface area contributed by atoms with Crippen molar-refractivity contribution in [2.45, 2.75) is 26.4 Å². The molecule has 1 rings (SSSR count). The van der Waals surface area contributed by atoms with E-state index in [1.54, 1.807) is 20.8 Å². The Kier molecular flexibility index (Phi) is 6.03. The number of hydrogen-bond acceptors (Lipinski definition) is 6. The van der Waals surface area contributed by atoms with Crippen LogP contribution in [0.2, 0.25) is 0 Å². The standard InChI is InChI=1S/C15H20N2O5S/c1-15(2,3)22-14(19)12-7-6-11(10-17-12)13(18)16-8-5-9-23(4,20)21/h5-7,9-10H,8H2,1-4H3,(H,16,18)/b9-5+. The van der Waals surface area contributed by atoms with Crippen LogP contribution in [-0.2, 0) is 14.6 Å². The Labute approximate surface area is 135 Å². The predicted molar refractivity (Wildman–Crippen MR) is 85.7 cm³/mol. The van der Waals surface area contributed by atoms with Gasteiger partial charge < -0.3 is 10.1 Å². The van der Waals surface area contributed by atoms with Crippen molar-refractivity contribution in [1.82, 2.24) is 10.3 Å². The Morgan fingerprint density at radius 2 is 1.96 bits per heavy atom. The second-order valence-electron chi connectivity index (χ2n) is 5.85. The number of hydrogen-bond donors (Lipinski definition) is 1. The van der Waals surface area contributed by atoms with Gasteiger partial charge in [0.25, 0.3) is 5.91 Å². The van der Waals surface area contributed by atoms with Crippen molar-refractivity contribution in [2.24, 2.45) is 0 Å². The minimum absolute atomic E-state index is 0.0692. The van der Waals surface area contributed by atoms with Gasteiger partial charge in [-0.1, -0.05) is 6.08 Å². The minimum atomic E-state index is -3.21. The number of sulfone groups is 1. The van der Waals surface area contributed by atoms with Gasteiger partial charge in [-0.15, -0.1) is 0 Å². The minimum Gasteiger partial charge on any atom is -0.455 e. The molecule has 0 atom stereocenters. The summed E-state index contributed by atoms with van der Waals surface area (Å²) in [5, 5.41) is 3.52. The maximum Gasteiger partial charge on any atom is 0.357 e. The van der Waals surface area contributed by atoms with Crippen LogP contribution in [0.5, 0.6) is 0 Å². The second-order valence-corrected chi connectivity index (χ2v) is 7.78. The van der Waals surface area contributed by atoms with Gasteiger partial charge in [0.1, 0.15) is 11.3 Å². The van der Waals surface area contributed by atoms with Gasteiger partial charge in [-0.05, 0) is 32.9 Å². The zero-order valence-electron chi connectivity index (χ0n) is 13.5. The maximum absolute atomic E-state index is 11.8. The Morgan fingerprint density at radius 3 is 2.43 bits per heavy atom. The van der Waals surface area contributed by atoms with E-state index < -0.39 is 27.3 Å². The molecule has 1 aromatic heterocycles. The summed E-state index contributed by atoms with van der Waals surface area (Å²) in [6.07, 6.45) is 3.65. The van der Waals surface area contributed by atoms with Gasteiger partial charge in [-0.2, -0.15) is 0 Å². The van der Waals surface area contributed by atoms with E-state index in [1.807, 2.05) is 0 Å². The third kappa shape index (κ3) is 7.55. The summed E-state index contributed by atoms with van der Waals surface area (Å²) in [6, 6.07) is 2.84. The molecule has 8 heteroatoms. The molecule has 126 valence electrons.